The van der Waals surface area contributed by atoms with Crippen LogP contribution in [0.15, 0.2) is 0 Å². The van der Waals surface area contributed by atoms with E-state index in [1.807, 2.05) is 0 Å². The zero-order chi connectivity index (χ0) is 14.3. The van der Waals surface area contributed by atoms with Gasteiger partial charge in [-0.15, -0.1) is 0 Å². The molecule has 0 radical (unpaired) electrons. The minimum atomic E-state index is 0.316. The van der Waals surface area contributed by atoms with E-state index in [1.54, 1.807) is 0 Å². The maximum absolute atomic E-state index is 12.4. The minimum absolute atomic E-state index is 0.316. The fourth-order valence-corrected chi connectivity index (χ4v) is 6.14. The fraction of sp³-hybridized carbons (Fsp3) is 0.944. The molecule has 1 N–H and O–H groups in total. The van der Waals surface area contributed by atoms with Crippen LogP contribution in [0.5, 0.6) is 0 Å². The molecule has 1 aliphatic heterocycles. The summed E-state index contributed by atoms with van der Waals surface area (Å²) in [6.07, 6.45) is 11.5. The highest BCUT2D eigenvalue weighted by Crippen LogP contribution is 2.61. The number of amides is 1. The SMILES string of the molecule is O=C(CC12CC3CC(CC(C3)C1)C2)NCC[C@@H]1CCOC1. The Balaban J connectivity index is 1.26. The van der Waals surface area contributed by atoms with Gasteiger partial charge in [-0.25, -0.2) is 0 Å². The summed E-state index contributed by atoms with van der Waals surface area (Å²) >= 11 is 0. The summed E-state index contributed by atoms with van der Waals surface area (Å²) in [5, 5.41) is 3.19. The monoisotopic (exact) mass is 291 g/mol. The van der Waals surface area contributed by atoms with E-state index in [9.17, 15) is 4.79 Å². The summed E-state index contributed by atoms with van der Waals surface area (Å²) in [6.45, 7) is 2.65. The van der Waals surface area contributed by atoms with Crippen molar-refractivity contribution in [2.24, 2.45) is 29.1 Å². The highest BCUT2D eigenvalue weighted by Gasteiger charge is 2.51. The Morgan fingerprint density at radius 1 is 1.10 bits per heavy atom. The van der Waals surface area contributed by atoms with E-state index >= 15 is 0 Å². The van der Waals surface area contributed by atoms with E-state index in [1.165, 1.54) is 44.9 Å². The van der Waals surface area contributed by atoms with E-state index < -0.39 is 0 Å². The normalized spacial score (nSPS) is 44.2. The van der Waals surface area contributed by atoms with E-state index in [4.69, 9.17) is 4.74 Å². The molecule has 0 unspecified atom stereocenters. The summed E-state index contributed by atoms with van der Waals surface area (Å²) < 4.78 is 5.39. The Bertz CT molecular complexity index is 365. The van der Waals surface area contributed by atoms with Crippen molar-refractivity contribution in [3.63, 3.8) is 0 Å². The van der Waals surface area contributed by atoms with Crippen LogP contribution in [-0.2, 0) is 9.53 Å². The Morgan fingerprint density at radius 3 is 2.33 bits per heavy atom. The molecule has 1 saturated heterocycles. The second-order valence-corrected chi connectivity index (χ2v) is 8.46. The molecule has 4 aliphatic carbocycles. The summed E-state index contributed by atoms with van der Waals surface area (Å²) in [6, 6.07) is 0. The Kier molecular flexibility index (Phi) is 3.72. The molecule has 118 valence electrons. The molecule has 1 amide bonds. The third-order valence-corrected chi connectivity index (χ3v) is 6.60. The topological polar surface area (TPSA) is 38.3 Å². The second kappa shape index (κ2) is 5.57. The molecular weight excluding hydrogens is 262 g/mol. The van der Waals surface area contributed by atoms with Crippen molar-refractivity contribution in [1.29, 1.82) is 0 Å². The molecular formula is C18H29NO2. The van der Waals surface area contributed by atoms with Crippen LogP contribution in [-0.4, -0.2) is 25.7 Å². The number of nitrogens with one attached hydrogen (secondary N) is 1. The lowest BCUT2D eigenvalue weighted by atomic mass is 9.49. The molecule has 0 aromatic carbocycles. The smallest absolute Gasteiger partial charge is 0.220 e. The molecule has 0 aromatic rings. The lowest BCUT2D eigenvalue weighted by Crippen LogP contribution is -2.48. The first kappa shape index (κ1) is 14.0. The summed E-state index contributed by atoms with van der Waals surface area (Å²) in [7, 11) is 0. The highest BCUT2D eigenvalue weighted by atomic mass is 16.5. The van der Waals surface area contributed by atoms with Crippen LogP contribution in [0, 0.1) is 29.1 Å². The van der Waals surface area contributed by atoms with Crippen molar-refractivity contribution in [2.45, 2.75) is 57.8 Å². The maximum Gasteiger partial charge on any atom is 0.220 e. The van der Waals surface area contributed by atoms with Gasteiger partial charge in [0.05, 0.1) is 0 Å². The van der Waals surface area contributed by atoms with Gasteiger partial charge in [0.15, 0.2) is 0 Å². The number of carbonyl (C=O) groups excluding carboxylic acids is 1. The molecule has 0 spiro atoms. The molecule has 5 aliphatic rings. The zero-order valence-electron chi connectivity index (χ0n) is 13.1. The van der Waals surface area contributed by atoms with E-state index in [0.29, 0.717) is 17.2 Å². The largest absolute Gasteiger partial charge is 0.381 e. The summed E-state index contributed by atoms with van der Waals surface area (Å²) in [5.74, 6) is 3.82. The predicted octanol–water partition coefficient (Wildman–Crippen LogP) is 3.14. The Morgan fingerprint density at radius 2 is 1.76 bits per heavy atom. The lowest BCUT2D eigenvalue weighted by Gasteiger charge is -2.56. The van der Waals surface area contributed by atoms with Gasteiger partial charge in [0, 0.05) is 26.2 Å². The van der Waals surface area contributed by atoms with Gasteiger partial charge >= 0.3 is 0 Å². The van der Waals surface area contributed by atoms with Crippen molar-refractivity contribution < 1.29 is 9.53 Å². The third kappa shape index (κ3) is 2.99. The maximum atomic E-state index is 12.4. The van der Waals surface area contributed by atoms with Crippen LogP contribution in [0.2, 0.25) is 0 Å². The molecule has 21 heavy (non-hydrogen) atoms. The number of ether oxygens (including phenoxy) is 1. The second-order valence-electron chi connectivity index (χ2n) is 8.46. The van der Waals surface area contributed by atoms with Crippen LogP contribution in [0.3, 0.4) is 0 Å². The molecule has 3 nitrogen and oxygen atoms in total. The van der Waals surface area contributed by atoms with Crippen LogP contribution in [0.1, 0.15) is 57.8 Å². The molecule has 5 rings (SSSR count). The van der Waals surface area contributed by atoms with Gasteiger partial charge in [-0.05, 0) is 80.5 Å². The van der Waals surface area contributed by atoms with Gasteiger partial charge < -0.3 is 10.1 Å². The van der Waals surface area contributed by atoms with Gasteiger partial charge in [-0.2, -0.15) is 0 Å². The average molecular weight is 291 g/mol. The summed E-state index contributed by atoms with van der Waals surface area (Å²) in [5.41, 5.74) is 0.384. The number of carbonyl (C=O) groups is 1. The standard InChI is InChI=1S/C18H29NO2/c20-17(19-3-1-13-2-4-21-12-13)11-18-8-14-5-15(9-18)7-16(6-14)10-18/h13-16H,1-12H2,(H,19,20)/t13-,14?,15?,16?,18?/m1/s1. The molecule has 0 aromatic heterocycles. The van der Waals surface area contributed by atoms with Crippen molar-refractivity contribution in [3.05, 3.63) is 0 Å². The first-order chi connectivity index (χ1) is 10.2. The van der Waals surface area contributed by atoms with Crippen LogP contribution >= 0.6 is 0 Å². The van der Waals surface area contributed by atoms with Gasteiger partial charge in [-0.3, -0.25) is 4.79 Å². The van der Waals surface area contributed by atoms with E-state index in [0.717, 1.165) is 50.4 Å². The molecule has 1 atom stereocenters. The van der Waals surface area contributed by atoms with Crippen molar-refractivity contribution in [2.75, 3.05) is 19.8 Å². The number of hydrogen-bond donors (Lipinski definition) is 1. The average Bonchev–Trinajstić information content (AvgIpc) is 2.89. The highest BCUT2D eigenvalue weighted by molar-refractivity contribution is 5.76. The Labute approximate surface area is 128 Å². The number of rotatable bonds is 5. The van der Waals surface area contributed by atoms with E-state index in [-0.39, 0.29) is 0 Å². The molecule has 5 fully saturated rings. The van der Waals surface area contributed by atoms with E-state index in [2.05, 4.69) is 5.32 Å². The van der Waals surface area contributed by atoms with Gasteiger partial charge in [-0.1, -0.05) is 0 Å². The third-order valence-electron chi connectivity index (χ3n) is 6.60. The lowest BCUT2D eigenvalue weighted by molar-refractivity contribution is -0.129. The van der Waals surface area contributed by atoms with Gasteiger partial charge in [0.1, 0.15) is 0 Å². The fourth-order valence-electron chi connectivity index (χ4n) is 6.14. The van der Waals surface area contributed by atoms with Crippen LogP contribution in [0.25, 0.3) is 0 Å². The van der Waals surface area contributed by atoms with Crippen molar-refractivity contribution in [1.82, 2.24) is 5.32 Å². The molecule has 1 heterocycles. The van der Waals surface area contributed by atoms with Crippen LogP contribution in [0.4, 0.5) is 0 Å². The zero-order valence-corrected chi connectivity index (χ0v) is 13.1. The number of hydrogen-bond acceptors (Lipinski definition) is 2. The molecule has 4 saturated carbocycles. The first-order valence-electron chi connectivity index (χ1n) is 9.05. The quantitative estimate of drug-likeness (QED) is 0.845. The van der Waals surface area contributed by atoms with Gasteiger partial charge in [0.2, 0.25) is 5.91 Å². The molecule has 3 heteroatoms. The molecule has 4 bridgehead atoms. The van der Waals surface area contributed by atoms with Gasteiger partial charge in [0.25, 0.3) is 0 Å². The minimum Gasteiger partial charge on any atom is -0.381 e. The Hall–Kier alpha value is -0.570. The predicted molar refractivity (Wildman–Crippen MR) is 81.8 cm³/mol. The van der Waals surface area contributed by atoms with Crippen molar-refractivity contribution in [3.8, 4) is 0 Å². The van der Waals surface area contributed by atoms with Crippen molar-refractivity contribution >= 4 is 5.91 Å². The van der Waals surface area contributed by atoms with Crippen LogP contribution < -0.4 is 5.32 Å². The first-order valence-corrected chi connectivity index (χ1v) is 9.05. The summed E-state index contributed by atoms with van der Waals surface area (Å²) in [4.78, 5) is 12.4.